The van der Waals surface area contributed by atoms with Gasteiger partial charge in [-0.15, -0.1) is 0 Å². The summed E-state index contributed by atoms with van der Waals surface area (Å²) in [7, 11) is 0. The Hall–Kier alpha value is -2.70. The number of aliphatic carboxylic acids is 1. The Labute approximate surface area is 219 Å². The smallest absolute Gasteiger partial charge is 0.326 e. The van der Waals surface area contributed by atoms with E-state index in [1.165, 1.54) is 18.7 Å². The molecular formula is C24H35N5O5S2. The predicted molar refractivity (Wildman–Crippen MR) is 145 cm³/mol. The standard InChI is InChI=1S/C24H35N5O5S2/c1-14(21(30)28-19(24(33)34)9-11-36-3)27-23(32)20(29-22(31)17(25)8-10-35-2)12-15-13-26-18-7-5-4-6-16(15)18/h4-7,13-14,17,19-20,26H,8-12,25H2,1-3H3,(H,27,32)(H,28,30)(H,29,31)(H,33,34). The normalized spacial score (nSPS) is 14.4. The van der Waals surface area contributed by atoms with E-state index in [0.29, 0.717) is 17.9 Å². The number of aromatic amines is 1. The Morgan fingerprint density at radius 2 is 1.58 bits per heavy atom. The molecule has 3 amide bonds. The largest absolute Gasteiger partial charge is 0.480 e. The van der Waals surface area contributed by atoms with Crippen molar-refractivity contribution in [3.05, 3.63) is 36.0 Å². The van der Waals surface area contributed by atoms with Crippen molar-refractivity contribution in [3.8, 4) is 0 Å². The number of carbonyl (C=O) groups is 4. The first-order valence-corrected chi connectivity index (χ1v) is 14.4. The number of nitrogens with two attached hydrogens (primary N) is 1. The summed E-state index contributed by atoms with van der Waals surface area (Å²) in [5.41, 5.74) is 7.72. The zero-order valence-corrected chi connectivity index (χ0v) is 22.3. The van der Waals surface area contributed by atoms with Crippen molar-refractivity contribution >= 4 is 58.1 Å². The Morgan fingerprint density at radius 3 is 2.25 bits per heavy atom. The number of carboxylic acid groups (broad SMARTS) is 1. The van der Waals surface area contributed by atoms with Crippen molar-refractivity contribution < 1.29 is 24.3 Å². The molecule has 7 N–H and O–H groups in total. The molecule has 0 saturated heterocycles. The van der Waals surface area contributed by atoms with Gasteiger partial charge in [0.15, 0.2) is 0 Å². The van der Waals surface area contributed by atoms with Crippen LogP contribution in [0, 0.1) is 0 Å². The number of amides is 3. The summed E-state index contributed by atoms with van der Waals surface area (Å²) < 4.78 is 0. The van der Waals surface area contributed by atoms with Gasteiger partial charge in [-0.1, -0.05) is 18.2 Å². The van der Waals surface area contributed by atoms with Crippen LogP contribution in [0.5, 0.6) is 0 Å². The molecule has 1 aromatic heterocycles. The molecule has 198 valence electrons. The third-order valence-corrected chi connectivity index (χ3v) is 6.97. The summed E-state index contributed by atoms with van der Waals surface area (Å²) in [5.74, 6) is -1.52. The van der Waals surface area contributed by atoms with Crippen molar-refractivity contribution in [2.45, 2.75) is 50.4 Å². The molecular weight excluding hydrogens is 502 g/mol. The van der Waals surface area contributed by atoms with Crippen LogP contribution < -0.4 is 21.7 Å². The van der Waals surface area contributed by atoms with E-state index in [0.717, 1.165) is 16.5 Å². The van der Waals surface area contributed by atoms with Gasteiger partial charge in [-0.05, 0) is 55.4 Å². The van der Waals surface area contributed by atoms with E-state index in [4.69, 9.17) is 5.73 Å². The van der Waals surface area contributed by atoms with Gasteiger partial charge in [0, 0.05) is 23.5 Å². The van der Waals surface area contributed by atoms with Crippen LogP contribution in [0.3, 0.4) is 0 Å². The van der Waals surface area contributed by atoms with Crippen molar-refractivity contribution in [2.75, 3.05) is 24.0 Å². The molecule has 1 heterocycles. The molecule has 0 radical (unpaired) electrons. The molecule has 12 heteroatoms. The molecule has 0 aliphatic carbocycles. The molecule has 10 nitrogen and oxygen atoms in total. The van der Waals surface area contributed by atoms with Gasteiger partial charge < -0.3 is 31.8 Å². The van der Waals surface area contributed by atoms with Gasteiger partial charge >= 0.3 is 5.97 Å². The highest BCUT2D eigenvalue weighted by Crippen LogP contribution is 2.19. The summed E-state index contributed by atoms with van der Waals surface area (Å²) in [6, 6.07) is 3.77. The highest BCUT2D eigenvalue weighted by molar-refractivity contribution is 7.98. The third kappa shape index (κ3) is 8.75. The highest BCUT2D eigenvalue weighted by atomic mass is 32.2. The van der Waals surface area contributed by atoms with Crippen LogP contribution in [0.25, 0.3) is 10.9 Å². The number of hydrogen-bond acceptors (Lipinski definition) is 7. The second-order valence-corrected chi connectivity index (χ2v) is 10.4. The quantitative estimate of drug-likeness (QED) is 0.196. The van der Waals surface area contributed by atoms with Gasteiger partial charge in [-0.25, -0.2) is 4.79 Å². The molecule has 1 aromatic carbocycles. The minimum absolute atomic E-state index is 0.177. The van der Waals surface area contributed by atoms with Crippen LogP contribution >= 0.6 is 23.5 Å². The Kier molecular flexibility index (Phi) is 12.1. The molecule has 0 fully saturated rings. The SMILES string of the molecule is CSCCC(N)C(=O)NC(Cc1c[nH]c2ccccc12)C(=O)NC(C)C(=O)NC(CCSC)C(=O)O. The maximum Gasteiger partial charge on any atom is 0.326 e. The minimum atomic E-state index is -1.14. The Balaban J connectivity index is 2.15. The number of nitrogens with one attached hydrogen (secondary N) is 4. The monoisotopic (exact) mass is 537 g/mol. The maximum atomic E-state index is 13.2. The molecule has 0 bridgehead atoms. The summed E-state index contributed by atoms with van der Waals surface area (Å²) in [6.45, 7) is 1.47. The molecule has 0 aliphatic rings. The van der Waals surface area contributed by atoms with Gasteiger partial charge in [0.2, 0.25) is 17.7 Å². The number of benzene rings is 1. The second kappa shape index (κ2) is 14.8. The number of aromatic nitrogens is 1. The fourth-order valence-electron chi connectivity index (χ4n) is 3.55. The first-order chi connectivity index (χ1) is 17.2. The molecule has 2 aromatic rings. The van der Waals surface area contributed by atoms with Crippen LogP contribution in [0.15, 0.2) is 30.5 Å². The zero-order valence-electron chi connectivity index (χ0n) is 20.7. The molecule has 0 aliphatic heterocycles. The number of thioether (sulfide) groups is 2. The molecule has 0 spiro atoms. The molecule has 2 rings (SSSR count). The van der Waals surface area contributed by atoms with Crippen LogP contribution in [0.2, 0.25) is 0 Å². The van der Waals surface area contributed by atoms with Gasteiger partial charge in [0.05, 0.1) is 6.04 Å². The molecule has 36 heavy (non-hydrogen) atoms. The lowest BCUT2D eigenvalue weighted by Gasteiger charge is -2.23. The van der Waals surface area contributed by atoms with E-state index in [1.54, 1.807) is 18.0 Å². The lowest BCUT2D eigenvalue weighted by atomic mass is 10.0. The minimum Gasteiger partial charge on any atom is -0.480 e. The predicted octanol–water partition coefficient (Wildman–Crippen LogP) is 1.10. The maximum absolute atomic E-state index is 13.2. The van der Waals surface area contributed by atoms with E-state index in [-0.39, 0.29) is 12.8 Å². The summed E-state index contributed by atoms with van der Waals surface area (Å²) in [6.07, 6.45) is 6.44. The average Bonchev–Trinajstić information content (AvgIpc) is 3.26. The number of carbonyl (C=O) groups excluding carboxylic acids is 3. The number of rotatable bonds is 15. The van der Waals surface area contributed by atoms with Crippen molar-refractivity contribution in [2.24, 2.45) is 5.73 Å². The molecule has 0 saturated carbocycles. The summed E-state index contributed by atoms with van der Waals surface area (Å²) in [4.78, 5) is 53.1. The van der Waals surface area contributed by atoms with E-state index >= 15 is 0 Å². The number of hydrogen-bond donors (Lipinski definition) is 6. The Bertz CT molecular complexity index is 1050. The molecule has 4 unspecified atom stereocenters. The van der Waals surface area contributed by atoms with Gasteiger partial charge in [-0.3, -0.25) is 14.4 Å². The summed E-state index contributed by atoms with van der Waals surface area (Å²) >= 11 is 3.04. The average molecular weight is 538 g/mol. The van der Waals surface area contributed by atoms with Gasteiger partial charge in [0.1, 0.15) is 18.1 Å². The number of para-hydroxylation sites is 1. The fourth-order valence-corrected chi connectivity index (χ4v) is 4.51. The Morgan fingerprint density at radius 1 is 0.944 bits per heavy atom. The van der Waals surface area contributed by atoms with E-state index in [2.05, 4.69) is 20.9 Å². The van der Waals surface area contributed by atoms with Crippen LogP contribution in [-0.2, 0) is 25.6 Å². The highest BCUT2D eigenvalue weighted by Gasteiger charge is 2.29. The zero-order chi connectivity index (χ0) is 26.7. The molecule has 4 atom stereocenters. The van der Waals surface area contributed by atoms with Crippen molar-refractivity contribution in [3.63, 3.8) is 0 Å². The van der Waals surface area contributed by atoms with Crippen LogP contribution in [0.1, 0.15) is 25.3 Å². The van der Waals surface area contributed by atoms with E-state index < -0.39 is 47.9 Å². The lowest BCUT2D eigenvalue weighted by molar-refractivity contribution is -0.142. The van der Waals surface area contributed by atoms with Gasteiger partial charge in [0.25, 0.3) is 0 Å². The van der Waals surface area contributed by atoms with Crippen LogP contribution in [0.4, 0.5) is 0 Å². The lowest BCUT2D eigenvalue weighted by Crippen LogP contribution is -2.57. The first kappa shape index (κ1) is 29.5. The van der Waals surface area contributed by atoms with Crippen LogP contribution in [-0.4, -0.2) is 82.0 Å². The topological polar surface area (TPSA) is 166 Å². The number of carboxylic acids is 1. The second-order valence-electron chi connectivity index (χ2n) is 8.42. The number of H-pyrrole nitrogens is 1. The third-order valence-electron chi connectivity index (χ3n) is 5.68. The van der Waals surface area contributed by atoms with E-state index in [1.807, 2.05) is 36.8 Å². The first-order valence-electron chi connectivity index (χ1n) is 11.6. The fraction of sp³-hybridized carbons (Fsp3) is 0.500. The van der Waals surface area contributed by atoms with Crippen molar-refractivity contribution in [1.82, 2.24) is 20.9 Å². The summed E-state index contributed by atoms with van der Waals surface area (Å²) in [5, 5.41) is 18.1. The van der Waals surface area contributed by atoms with Gasteiger partial charge in [-0.2, -0.15) is 23.5 Å². The van der Waals surface area contributed by atoms with E-state index in [9.17, 15) is 24.3 Å². The van der Waals surface area contributed by atoms with Crippen molar-refractivity contribution in [1.29, 1.82) is 0 Å². The number of fused-ring (bicyclic) bond motifs is 1.